The second kappa shape index (κ2) is 8.19. The molecule has 0 unspecified atom stereocenters. The molecule has 6 heteroatoms. The van der Waals surface area contributed by atoms with E-state index in [1.54, 1.807) is 36.2 Å². The Hall–Kier alpha value is -3.02. The van der Waals surface area contributed by atoms with Crippen LogP contribution >= 0.6 is 0 Å². The van der Waals surface area contributed by atoms with Crippen LogP contribution in [0.15, 0.2) is 48.5 Å². The molecule has 0 radical (unpaired) electrons. The summed E-state index contributed by atoms with van der Waals surface area (Å²) >= 11 is 0. The highest BCUT2D eigenvalue weighted by molar-refractivity contribution is 5.92. The van der Waals surface area contributed by atoms with Crippen molar-refractivity contribution in [2.75, 3.05) is 32.6 Å². The van der Waals surface area contributed by atoms with Gasteiger partial charge in [-0.05, 0) is 42.0 Å². The smallest absolute Gasteiger partial charge is 0.260 e. The maximum absolute atomic E-state index is 12.2. The summed E-state index contributed by atoms with van der Waals surface area (Å²) in [6.07, 6.45) is 0. The fourth-order valence-corrected chi connectivity index (χ4v) is 2.23. The van der Waals surface area contributed by atoms with Crippen molar-refractivity contribution >= 4 is 17.5 Å². The number of ether oxygens (including phenoxy) is 1. The van der Waals surface area contributed by atoms with E-state index in [1.807, 2.05) is 43.3 Å². The van der Waals surface area contributed by atoms with Gasteiger partial charge in [-0.3, -0.25) is 9.59 Å². The summed E-state index contributed by atoms with van der Waals surface area (Å²) in [6, 6.07) is 14.4. The van der Waals surface area contributed by atoms with Crippen LogP contribution in [0.2, 0.25) is 0 Å². The molecule has 0 saturated carbocycles. The number of primary amides is 1. The summed E-state index contributed by atoms with van der Waals surface area (Å²) in [4.78, 5) is 26.8. The lowest BCUT2D eigenvalue weighted by atomic mass is 10.2. The van der Waals surface area contributed by atoms with Crippen LogP contribution in [0, 0.1) is 0 Å². The molecule has 0 spiro atoms. The molecule has 0 bridgehead atoms. The van der Waals surface area contributed by atoms with E-state index in [0.29, 0.717) is 17.9 Å². The standard InChI is InChI=1S/C19H23N3O3/c1-21(2)16-8-4-14(5-9-16)12-22(3)18(23)13-25-17-10-6-15(7-11-17)19(20)24/h4-11H,12-13H2,1-3H3,(H2,20,24). The Morgan fingerprint density at radius 2 is 1.56 bits per heavy atom. The fourth-order valence-electron chi connectivity index (χ4n) is 2.23. The molecule has 0 aliphatic carbocycles. The summed E-state index contributed by atoms with van der Waals surface area (Å²) < 4.78 is 5.46. The number of nitrogens with zero attached hydrogens (tertiary/aromatic N) is 2. The van der Waals surface area contributed by atoms with Gasteiger partial charge >= 0.3 is 0 Å². The van der Waals surface area contributed by atoms with Crippen LogP contribution in [0.3, 0.4) is 0 Å². The lowest BCUT2D eigenvalue weighted by Crippen LogP contribution is -2.31. The topological polar surface area (TPSA) is 75.9 Å². The highest BCUT2D eigenvalue weighted by Gasteiger charge is 2.11. The van der Waals surface area contributed by atoms with Crippen LogP contribution < -0.4 is 15.4 Å². The van der Waals surface area contributed by atoms with Crippen molar-refractivity contribution < 1.29 is 14.3 Å². The predicted molar refractivity (Wildman–Crippen MR) is 97.7 cm³/mol. The van der Waals surface area contributed by atoms with Crippen molar-refractivity contribution in [3.05, 3.63) is 59.7 Å². The first-order valence-corrected chi connectivity index (χ1v) is 7.89. The van der Waals surface area contributed by atoms with E-state index < -0.39 is 5.91 Å². The summed E-state index contributed by atoms with van der Waals surface area (Å²) in [6.45, 7) is 0.443. The molecule has 6 nitrogen and oxygen atoms in total. The molecule has 0 aliphatic rings. The van der Waals surface area contributed by atoms with Gasteiger partial charge in [-0.15, -0.1) is 0 Å². The molecule has 0 aromatic heterocycles. The van der Waals surface area contributed by atoms with Crippen LogP contribution in [-0.4, -0.2) is 44.5 Å². The zero-order valence-electron chi connectivity index (χ0n) is 14.7. The molecule has 2 N–H and O–H groups in total. The van der Waals surface area contributed by atoms with E-state index in [2.05, 4.69) is 0 Å². The van der Waals surface area contributed by atoms with Crippen LogP contribution in [-0.2, 0) is 11.3 Å². The third-order valence-electron chi connectivity index (χ3n) is 3.80. The summed E-state index contributed by atoms with van der Waals surface area (Å²) in [7, 11) is 5.71. The maximum atomic E-state index is 12.2. The number of nitrogens with two attached hydrogens (primary N) is 1. The van der Waals surface area contributed by atoms with Crippen LogP contribution in [0.25, 0.3) is 0 Å². The first-order valence-electron chi connectivity index (χ1n) is 7.89. The number of benzene rings is 2. The van der Waals surface area contributed by atoms with Crippen molar-refractivity contribution in [2.24, 2.45) is 5.73 Å². The van der Waals surface area contributed by atoms with E-state index >= 15 is 0 Å². The van der Waals surface area contributed by atoms with E-state index in [0.717, 1.165) is 11.3 Å². The van der Waals surface area contributed by atoms with Gasteiger partial charge in [0.1, 0.15) is 5.75 Å². The molecular weight excluding hydrogens is 318 g/mol. The highest BCUT2D eigenvalue weighted by atomic mass is 16.5. The zero-order valence-corrected chi connectivity index (χ0v) is 14.7. The third kappa shape index (κ3) is 5.24. The molecule has 25 heavy (non-hydrogen) atoms. The minimum absolute atomic E-state index is 0.0673. The molecule has 0 heterocycles. The first-order chi connectivity index (χ1) is 11.9. The van der Waals surface area contributed by atoms with E-state index in [4.69, 9.17) is 10.5 Å². The quantitative estimate of drug-likeness (QED) is 0.834. The largest absolute Gasteiger partial charge is 0.484 e. The molecule has 0 fully saturated rings. The van der Waals surface area contributed by atoms with Crippen LogP contribution in [0.4, 0.5) is 5.69 Å². The van der Waals surface area contributed by atoms with Crippen molar-refractivity contribution in [1.82, 2.24) is 4.90 Å². The Balaban J connectivity index is 1.86. The Labute approximate surface area is 147 Å². The van der Waals surface area contributed by atoms with Crippen molar-refractivity contribution in [3.63, 3.8) is 0 Å². The van der Waals surface area contributed by atoms with Gasteiger partial charge in [0.05, 0.1) is 0 Å². The molecule has 2 aromatic rings. The van der Waals surface area contributed by atoms with Crippen LogP contribution in [0.1, 0.15) is 15.9 Å². The van der Waals surface area contributed by atoms with Gasteiger partial charge in [0.25, 0.3) is 5.91 Å². The third-order valence-corrected chi connectivity index (χ3v) is 3.80. The number of rotatable bonds is 7. The number of carbonyl (C=O) groups excluding carboxylic acids is 2. The molecule has 2 amide bonds. The number of anilines is 1. The van der Waals surface area contributed by atoms with E-state index in [9.17, 15) is 9.59 Å². The molecule has 2 aromatic carbocycles. The average molecular weight is 341 g/mol. The molecule has 0 atom stereocenters. The van der Waals surface area contributed by atoms with Crippen LogP contribution in [0.5, 0.6) is 5.75 Å². The lowest BCUT2D eigenvalue weighted by molar-refractivity contribution is -0.132. The Morgan fingerprint density at radius 3 is 2.08 bits per heavy atom. The normalized spacial score (nSPS) is 10.2. The van der Waals surface area contributed by atoms with E-state index in [-0.39, 0.29) is 12.5 Å². The predicted octanol–water partition coefficient (Wildman–Crippen LogP) is 1.89. The van der Waals surface area contributed by atoms with E-state index in [1.165, 1.54) is 0 Å². The van der Waals surface area contributed by atoms with Gasteiger partial charge in [0, 0.05) is 38.9 Å². The monoisotopic (exact) mass is 341 g/mol. The molecule has 132 valence electrons. The molecule has 2 rings (SSSR count). The summed E-state index contributed by atoms with van der Waals surface area (Å²) in [5.74, 6) is -0.111. The number of hydrogen-bond acceptors (Lipinski definition) is 4. The summed E-state index contributed by atoms with van der Waals surface area (Å²) in [5.41, 5.74) is 7.74. The molecular formula is C19H23N3O3. The second-order valence-electron chi connectivity index (χ2n) is 5.99. The van der Waals surface area contributed by atoms with Gasteiger partial charge in [0.2, 0.25) is 5.91 Å². The number of likely N-dealkylation sites (N-methyl/N-ethyl adjacent to an activating group) is 1. The van der Waals surface area contributed by atoms with Gasteiger partial charge in [-0.25, -0.2) is 0 Å². The Kier molecular flexibility index (Phi) is 6.00. The van der Waals surface area contributed by atoms with Crippen molar-refractivity contribution in [2.45, 2.75) is 6.54 Å². The fraction of sp³-hybridized carbons (Fsp3) is 0.263. The van der Waals surface area contributed by atoms with Gasteiger partial charge in [0.15, 0.2) is 6.61 Å². The summed E-state index contributed by atoms with van der Waals surface area (Å²) in [5, 5.41) is 0. The number of amides is 2. The SMILES string of the molecule is CN(Cc1ccc(N(C)C)cc1)C(=O)COc1ccc(C(N)=O)cc1. The van der Waals surface area contributed by atoms with Gasteiger partial charge in [-0.1, -0.05) is 12.1 Å². The minimum atomic E-state index is -0.498. The van der Waals surface area contributed by atoms with Gasteiger partial charge in [-0.2, -0.15) is 0 Å². The Morgan fingerprint density at radius 1 is 0.960 bits per heavy atom. The second-order valence-corrected chi connectivity index (χ2v) is 5.99. The van der Waals surface area contributed by atoms with Crippen molar-refractivity contribution in [1.29, 1.82) is 0 Å². The lowest BCUT2D eigenvalue weighted by Gasteiger charge is -2.18. The molecule has 0 saturated heterocycles. The minimum Gasteiger partial charge on any atom is -0.484 e. The highest BCUT2D eigenvalue weighted by Crippen LogP contribution is 2.14. The number of hydrogen-bond donors (Lipinski definition) is 1. The van der Waals surface area contributed by atoms with Crippen molar-refractivity contribution in [3.8, 4) is 5.75 Å². The maximum Gasteiger partial charge on any atom is 0.260 e. The first kappa shape index (κ1) is 18.3. The van der Waals surface area contributed by atoms with Gasteiger partial charge < -0.3 is 20.3 Å². The Bertz CT molecular complexity index is 725. The number of carbonyl (C=O) groups is 2. The average Bonchev–Trinajstić information content (AvgIpc) is 2.60. The molecule has 0 aliphatic heterocycles. The zero-order chi connectivity index (χ0) is 18.4.